The minimum Gasteiger partial charge on any atom is -0.379 e. The van der Waals surface area contributed by atoms with Crippen LogP contribution >= 0.6 is 27.7 Å². The fourth-order valence-electron chi connectivity index (χ4n) is 2.64. The van der Waals surface area contributed by atoms with Crippen molar-refractivity contribution in [1.29, 1.82) is 0 Å². The van der Waals surface area contributed by atoms with E-state index in [0.29, 0.717) is 22.3 Å². The van der Waals surface area contributed by atoms with Crippen LogP contribution in [0.2, 0.25) is 0 Å². The molecule has 0 spiro atoms. The normalized spacial score (nSPS) is 22.1. The van der Waals surface area contributed by atoms with Gasteiger partial charge in [0.2, 0.25) is 0 Å². The van der Waals surface area contributed by atoms with Crippen LogP contribution in [0.15, 0.2) is 15.5 Å². The molecule has 112 valence electrons. The first kappa shape index (κ1) is 15.9. The summed E-state index contributed by atoms with van der Waals surface area (Å²) in [6, 6.07) is 0.444. The predicted molar refractivity (Wildman–Crippen MR) is 89.7 cm³/mol. The van der Waals surface area contributed by atoms with Crippen molar-refractivity contribution in [3.05, 3.63) is 21.0 Å². The number of rotatable bonds is 6. The van der Waals surface area contributed by atoms with E-state index in [0.717, 1.165) is 17.9 Å². The quantitative estimate of drug-likeness (QED) is 0.844. The molecule has 1 heterocycles. The van der Waals surface area contributed by atoms with Crippen molar-refractivity contribution in [1.82, 2.24) is 9.78 Å². The van der Waals surface area contributed by atoms with Crippen LogP contribution in [0.3, 0.4) is 0 Å². The van der Waals surface area contributed by atoms with Crippen molar-refractivity contribution in [2.75, 3.05) is 11.1 Å². The van der Waals surface area contributed by atoms with Gasteiger partial charge in [0, 0.05) is 17.8 Å². The molecule has 4 nitrogen and oxygen atoms in total. The summed E-state index contributed by atoms with van der Waals surface area (Å²) in [5, 5.41) is 8.40. The summed E-state index contributed by atoms with van der Waals surface area (Å²) in [7, 11) is 0. The van der Waals surface area contributed by atoms with Crippen LogP contribution < -0.4 is 10.9 Å². The summed E-state index contributed by atoms with van der Waals surface area (Å²) in [6.45, 7) is 4.90. The molecule has 0 saturated heterocycles. The van der Waals surface area contributed by atoms with Gasteiger partial charge >= 0.3 is 0 Å². The Morgan fingerprint density at radius 2 is 2.30 bits per heavy atom. The van der Waals surface area contributed by atoms with Crippen molar-refractivity contribution in [3.8, 4) is 0 Å². The van der Waals surface area contributed by atoms with Gasteiger partial charge < -0.3 is 5.32 Å². The number of hydrogen-bond donors (Lipinski definition) is 1. The lowest BCUT2D eigenvalue weighted by atomic mass is 10.2. The SMILES string of the molecule is CCCn1ncc(NC2CCCC2SCC)c(Br)c1=O. The third-order valence-electron chi connectivity index (χ3n) is 3.59. The van der Waals surface area contributed by atoms with Crippen LogP contribution in [0.25, 0.3) is 0 Å². The number of aryl methyl sites for hydroxylation is 1. The number of anilines is 1. The summed E-state index contributed by atoms with van der Waals surface area (Å²) in [5.74, 6) is 1.14. The first-order chi connectivity index (χ1) is 9.67. The Morgan fingerprint density at radius 1 is 1.50 bits per heavy atom. The molecule has 2 atom stereocenters. The highest BCUT2D eigenvalue weighted by molar-refractivity contribution is 9.10. The minimum atomic E-state index is -0.0467. The molecule has 1 saturated carbocycles. The van der Waals surface area contributed by atoms with Gasteiger partial charge in [-0.3, -0.25) is 4.79 Å². The highest BCUT2D eigenvalue weighted by atomic mass is 79.9. The first-order valence-corrected chi connectivity index (χ1v) is 9.15. The van der Waals surface area contributed by atoms with Gasteiger partial charge in [-0.25, -0.2) is 4.68 Å². The number of nitrogens with one attached hydrogen (secondary N) is 1. The van der Waals surface area contributed by atoms with Gasteiger partial charge in [0.15, 0.2) is 0 Å². The zero-order valence-electron chi connectivity index (χ0n) is 12.1. The van der Waals surface area contributed by atoms with Crippen LogP contribution in [0.4, 0.5) is 5.69 Å². The van der Waals surface area contributed by atoms with Gasteiger partial charge in [-0.1, -0.05) is 20.3 Å². The monoisotopic (exact) mass is 359 g/mol. The topological polar surface area (TPSA) is 46.9 Å². The van der Waals surface area contributed by atoms with E-state index in [9.17, 15) is 4.79 Å². The maximum atomic E-state index is 12.2. The Bertz CT molecular complexity index is 506. The lowest BCUT2D eigenvalue weighted by Crippen LogP contribution is -2.29. The number of halogens is 1. The fourth-order valence-corrected chi connectivity index (χ4v) is 4.26. The van der Waals surface area contributed by atoms with E-state index in [2.05, 4.69) is 33.3 Å². The Morgan fingerprint density at radius 3 is 3.00 bits per heavy atom. The van der Waals surface area contributed by atoms with E-state index in [1.54, 1.807) is 6.20 Å². The standard InChI is InChI=1S/C14H22BrN3OS/c1-3-8-18-14(19)13(15)11(9-16-18)17-10-6-5-7-12(10)20-4-2/h9-10,12,17H,3-8H2,1-2H3. The molecule has 1 fully saturated rings. The summed E-state index contributed by atoms with van der Waals surface area (Å²) < 4.78 is 2.12. The largest absolute Gasteiger partial charge is 0.379 e. The smallest absolute Gasteiger partial charge is 0.283 e. The van der Waals surface area contributed by atoms with Crippen molar-refractivity contribution < 1.29 is 0 Å². The van der Waals surface area contributed by atoms with E-state index in [1.165, 1.54) is 23.9 Å². The molecule has 1 N–H and O–H groups in total. The number of nitrogens with zero attached hydrogens (tertiary/aromatic N) is 2. The Labute approximate surface area is 132 Å². The summed E-state index contributed by atoms with van der Waals surface area (Å²) in [6.07, 6.45) is 6.36. The molecule has 1 aromatic rings. The minimum absolute atomic E-state index is 0.0467. The van der Waals surface area contributed by atoms with Crippen LogP contribution in [-0.2, 0) is 6.54 Å². The molecule has 1 aliphatic rings. The molecule has 0 radical (unpaired) electrons. The molecule has 0 aliphatic heterocycles. The third kappa shape index (κ3) is 3.58. The van der Waals surface area contributed by atoms with E-state index >= 15 is 0 Å². The fraction of sp³-hybridized carbons (Fsp3) is 0.714. The zero-order valence-corrected chi connectivity index (χ0v) is 14.5. The molecular formula is C14H22BrN3OS. The van der Waals surface area contributed by atoms with Gasteiger partial charge in [-0.15, -0.1) is 0 Å². The Hall–Kier alpha value is -0.490. The first-order valence-electron chi connectivity index (χ1n) is 7.31. The van der Waals surface area contributed by atoms with Crippen LogP contribution in [0, 0.1) is 0 Å². The number of aromatic nitrogens is 2. The molecule has 1 aliphatic carbocycles. The van der Waals surface area contributed by atoms with Crippen molar-refractivity contribution >= 4 is 33.4 Å². The highest BCUT2D eigenvalue weighted by Gasteiger charge is 2.27. The predicted octanol–water partition coefficient (Wildman–Crippen LogP) is 3.50. The van der Waals surface area contributed by atoms with Gasteiger partial charge in [-0.2, -0.15) is 16.9 Å². The van der Waals surface area contributed by atoms with E-state index < -0.39 is 0 Å². The molecule has 2 unspecified atom stereocenters. The maximum Gasteiger partial charge on any atom is 0.283 e. The molecular weight excluding hydrogens is 338 g/mol. The maximum absolute atomic E-state index is 12.2. The average molecular weight is 360 g/mol. The van der Waals surface area contributed by atoms with Crippen LogP contribution in [0.1, 0.15) is 39.5 Å². The second-order valence-corrected chi connectivity index (χ2v) is 7.39. The van der Waals surface area contributed by atoms with E-state index in [1.807, 2.05) is 18.7 Å². The van der Waals surface area contributed by atoms with Gasteiger partial charge in [0.1, 0.15) is 4.47 Å². The molecule has 0 aromatic carbocycles. The molecule has 1 aromatic heterocycles. The molecule has 0 bridgehead atoms. The van der Waals surface area contributed by atoms with E-state index in [4.69, 9.17) is 0 Å². The third-order valence-corrected chi connectivity index (χ3v) is 5.69. The lowest BCUT2D eigenvalue weighted by molar-refractivity contribution is 0.565. The highest BCUT2D eigenvalue weighted by Crippen LogP contribution is 2.32. The molecule has 0 amide bonds. The molecule has 20 heavy (non-hydrogen) atoms. The number of thioether (sulfide) groups is 1. The Balaban J connectivity index is 2.13. The van der Waals surface area contributed by atoms with Crippen LogP contribution in [-0.4, -0.2) is 26.8 Å². The van der Waals surface area contributed by atoms with Crippen molar-refractivity contribution in [3.63, 3.8) is 0 Å². The van der Waals surface area contributed by atoms with Crippen molar-refractivity contribution in [2.45, 2.75) is 57.4 Å². The van der Waals surface area contributed by atoms with Gasteiger partial charge in [-0.05, 0) is 40.9 Å². The van der Waals surface area contributed by atoms with E-state index in [-0.39, 0.29) is 5.56 Å². The van der Waals surface area contributed by atoms with Crippen LogP contribution in [0.5, 0.6) is 0 Å². The summed E-state index contributed by atoms with van der Waals surface area (Å²) in [5.41, 5.74) is 0.783. The molecule has 6 heteroatoms. The Kier molecular flexibility index (Phi) is 5.96. The average Bonchev–Trinajstić information content (AvgIpc) is 2.86. The molecule has 2 rings (SSSR count). The number of hydrogen-bond acceptors (Lipinski definition) is 4. The second kappa shape index (κ2) is 7.50. The summed E-state index contributed by atoms with van der Waals surface area (Å²) >= 11 is 5.43. The summed E-state index contributed by atoms with van der Waals surface area (Å²) in [4.78, 5) is 12.2. The van der Waals surface area contributed by atoms with Gasteiger partial charge in [0.05, 0.1) is 11.9 Å². The second-order valence-electron chi connectivity index (χ2n) is 5.08. The zero-order chi connectivity index (χ0) is 14.5. The van der Waals surface area contributed by atoms with Gasteiger partial charge in [0.25, 0.3) is 5.56 Å². The van der Waals surface area contributed by atoms with Crippen molar-refractivity contribution in [2.24, 2.45) is 0 Å². The lowest BCUT2D eigenvalue weighted by Gasteiger charge is -2.21.